The minimum absolute atomic E-state index is 0.0881. The van der Waals surface area contributed by atoms with Gasteiger partial charge in [-0.2, -0.15) is 0 Å². The highest BCUT2D eigenvalue weighted by molar-refractivity contribution is 5.94. The van der Waals surface area contributed by atoms with Crippen molar-refractivity contribution in [3.05, 3.63) is 25.3 Å². The van der Waals surface area contributed by atoms with Gasteiger partial charge < -0.3 is 4.79 Å². The van der Waals surface area contributed by atoms with Gasteiger partial charge in [0.25, 0.3) is 0 Å². The number of carbonyl (C=O) groups excluding carboxylic acids is 2. The van der Waals surface area contributed by atoms with Crippen molar-refractivity contribution < 1.29 is 9.59 Å². The molecule has 11 heavy (non-hydrogen) atoms. The van der Waals surface area contributed by atoms with Crippen LogP contribution in [0.2, 0.25) is 0 Å². The van der Waals surface area contributed by atoms with Crippen molar-refractivity contribution in [2.45, 2.75) is 12.8 Å². The van der Waals surface area contributed by atoms with Gasteiger partial charge in [-0.15, -0.1) is 13.2 Å². The molecule has 0 heterocycles. The molecule has 0 bridgehead atoms. The SMILES string of the molecule is C=CCC(=O)C(C=O)CC=C. The van der Waals surface area contributed by atoms with Gasteiger partial charge in [-0.1, -0.05) is 12.2 Å². The molecule has 0 aromatic heterocycles. The second-order valence-electron chi connectivity index (χ2n) is 2.23. The zero-order chi connectivity index (χ0) is 8.69. The van der Waals surface area contributed by atoms with Gasteiger partial charge in [0.2, 0.25) is 0 Å². The van der Waals surface area contributed by atoms with Gasteiger partial charge in [-0.05, 0) is 6.42 Å². The normalized spacial score (nSPS) is 11.6. The summed E-state index contributed by atoms with van der Waals surface area (Å²) in [5, 5.41) is 0. The fraction of sp³-hybridized carbons (Fsp3) is 0.333. The molecule has 2 nitrogen and oxygen atoms in total. The molecule has 0 aliphatic heterocycles. The van der Waals surface area contributed by atoms with E-state index in [9.17, 15) is 9.59 Å². The summed E-state index contributed by atoms with van der Waals surface area (Å²) in [6.07, 6.45) is 4.42. The van der Waals surface area contributed by atoms with Crippen LogP contribution in [0.15, 0.2) is 25.3 Å². The molecule has 0 radical (unpaired) electrons. The highest BCUT2D eigenvalue weighted by atomic mass is 16.1. The largest absolute Gasteiger partial charge is 0.303 e. The Morgan fingerprint density at radius 1 is 1.36 bits per heavy atom. The summed E-state index contributed by atoms with van der Waals surface area (Å²) in [7, 11) is 0. The van der Waals surface area contributed by atoms with Crippen molar-refractivity contribution in [1.29, 1.82) is 0 Å². The first-order valence-electron chi connectivity index (χ1n) is 3.46. The Balaban J connectivity index is 4.00. The molecule has 1 unspecified atom stereocenters. The van der Waals surface area contributed by atoms with Crippen LogP contribution in [0.25, 0.3) is 0 Å². The number of hydrogen-bond acceptors (Lipinski definition) is 2. The van der Waals surface area contributed by atoms with Crippen molar-refractivity contribution in [2.24, 2.45) is 5.92 Å². The summed E-state index contributed by atoms with van der Waals surface area (Å²) in [5.41, 5.74) is 0. The smallest absolute Gasteiger partial charge is 0.147 e. The van der Waals surface area contributed by atoms with E-state index in [-0.39, 0.29) is 12.2 Å². The predicted octanol–water partition coefficient (Wildman–Crippen LogP) is 1.52. The van der Waals surface area contributed by atoms with Crippen molar-refractivity contribution in [1.82, 2.24) is 0 Å². The minimum Gasteiger partial charge on any atom is -0.303 e. The van der Waals surface area contributed by atoms with Crippen molar-refractivity contribution in [3.8, 4) is 0 Å². The van der Waals surface area contributed by atoms with Crippen LogP contribution in [0.1, 0.15) is 12.8 Å². The lowest BCUT2D eigenvalue weighted by Gasteiger charge is -2.02. The van der Waals surface area contributed by atoms with Gasteiger partial charge in [0.15, 0.2) is 0 Å². The molecule has 2 heteroatoms. The number of ketones is 1. The third-order valence-electron chi connectivity index (χ3n) is 1.34. The second kappa shape index (κ2) is 5.59. The Morgan fingerprint density at radius 2 is 2.00 bits per heavy atom. The van der Waals surface area contributed by atoms with Gasteiger partial charge >= 0.3 is 0 Å². The van der Waals surface area contributed by atoms with Crippen LogP contribution in [0.4, 0.5) is 0 Å². The topological polar surface area (TPSA) is 34.1 Å². The maximum atomic E-state index is 11.0. The molecule has 60 valence electrons. The summed E-state index contributed by atoms with van der Waals surface area (Å²) in [6, 6.07) is 0. The number of hydrogen-bond donors (Lipinski definition) is 0. The minimum atomic E-state index is -0.523. The molecular weight excluding hydrogens is 140 g/mol. The second-order valence-corrected chi connectivity index (χ2v) is 2.23. The molecule has 0 saturated heterocycles. The van der Waals surface area contributed by atoms with Crippen LogP contribution in [-0.2, 0) is 9.59 Å². The molecule has 0 amide bonds. The fourth-order valence-corrected chi connectivity index (χ4v) is 0.736. The van der Waals surface area contributed by atoms with Crippen LogP contribution in [0, 0.1) is 5.92 Å². The van der Waals surface area contributed by atoms with Gasteiger partial charge in [0.05, 0.1) is 5.92 Å². The Morgan fingerprint density at radius 3 is 2.36 bits per heavy atom. The quantitative estimate of drug-likeness (QED) is 0.328. The standard InChI is InChI=1S/C9H12O2/c1-3-5-8(7-10)9(11)6-4-2/h3-4,7-8H,1-2,5-6H2. The molecule has 0 aliphatic rings. The highest BCUT2D eigenvalue weighted by Gasteiger charge is 2.13. The molecule has 0 spiro atoms. The Hall–Kier alpha value is -1.18. The van der Waals surface area contributed by atoms with Crippen molar-refractivity contribution in [3.63, 3.8) is 0 Å². The lowest BCUT2D eigenvalue weighted by atomic mass is 10.00. The lowest BCUT2D eigenvalue weighted by Crippen LogP contribution is -2.13. The third-order valence-corrected chi connectivity index (χ3v) is 1.34. The molecule has 0 aliphatic carbocycles. The van der Waals surface area contributed by atoms with Gasteiger partial charge in [-0.3, -0.25) is 4.79 Å². The van der Waals surface area contributed by atoms with Crippen LogP contribution >= 0.6 is 0 Å². The average Bonchev–Trinajstić information content (AvgIpc) is 2.00. The summed E-state index contributed by atoms with van der Waals surface area (Å²) >= 11 is 0. The van der Waals surface area contributed by atoms with Gasteiger partial charge in [0, 0.05) is 6.42 Å². The van der Waals surface area contributed by atoms with E-state index >= 15 is 0 Å². The average molecular weight is 152 g/mol. The number of Topliss-reactive ketones (excluding diaryl/α,β-unsaturated/α-hetero) is 1. The van der Waals surface area contributed by atoms with E-state index in [0.717, 1.165) is 0 Å². The van der Waals surface area contributed by atoms with Crippen molar-refractivity contribution >= 4 is 12.1 Å². The van der Waals surface area contributed by atoms with Crippen LogP contribution in [0.5, 0.6) is 0 Å². The van der Waals surface area contributed by atoms with E-state index in [1.54, 1.807) is 6.08 Å². The molecule has 0 saturated carbocycles. The number of carbonyl (C=O) groups is 2. The molecule has 1 atom stereocenters. The molecular formula is C9H12O2. The van der Waals surface area contributed by atoms with E-state index in [0.29, 0.717) is 12.7 Å². The van der Waals surface area contributed by atoms with Gasteiger partial charge in [0.1, 0.15) is 12.1 Å². The predicted molar refractivity (Wildman–Crippen MR) is 44.2 cm³/mol. The lowest BCUT2D eigenvalue weighted by molar-refractivity contribution is -0.126. The maximum Gasteiger partial charge on any atom is 0.147 e. The maximum absolute atomic E-state index is 11.0. The van der Waals surface area contributed by atoms with Crippen LogP contribution in [0.3, 0.4) is 0 Å². The molecule has 0 N–H and O–H groups in total. The van der Waals surface area contributed by atoms with Crippen LogP contribution in [-0.4, -0.2) is 12.1 Å². The summed E-state index contributed by atoms with van der Waals surface area (Å²) in [5.74, 6) is -0.611. The first-order valence-corrected chi connectivity index (χ1v) is 3.46. The molecule has 0 aromatic carbocycles. The van der Waals surface area contributed by atoms with Gasteiger partial charge in [-0.25, -0.2) is 0 Å². The highest BCUT2D eigenvalue weighted by Crippen LogP contribution is 2.04. The monoisotopic (exact) mass is 152 g/mol. The van der Waals surface area contributed by atoms with E-state index in [4.69, 9.17) is 0 Å². The Bertz CT molecular complexity index is 170. The fourth-order valence-electron chi connectivity index (χ4n) is 0.736. The van der Waals surface area contributed by atoms with E-state index in [1.165, 1.54) is 6.08 Å². The summed E-state index contributed by atoms with van der Waals surface area (Å²) < 4.78 is 0. The Kier molecular flexibility index (Phi) is 4.99. The van der Waals surface area contributed by atoms with E-state index in [1.807, 2.05) is 0 Å². The third kappa shape index (κ3) is 3.50. The van der Waals surface area contributed by atoms with E-state index in [2.05, 4.69) is 13.2 Å². The Labute approximate surface area is 66.6 Å². The molecule has 0 aromatic rings. The number of allylic oxidation sites excluding steroid dienone is 2. The van der Waals surface area contributed by atoms with Crippen LogP contribution < -0.4 is 0 Å². The van der Waals surface area contributed by atoms with E-state index < -0.39 is 5.92 Å². The zero-order valence-corrected chi connectivity index (χ0v) is 6.45. The zero-order valence-electron chi connectivity index (χ0n) is 6.45. The molecule has 0 rings (SSSR count). The summed E-state index contributed by atoms with van der Waals surface area (Å²) in [6.45, 7) is 6.87. The number of aldehydes is 1. The first-order chi connectivity index (χ1) is 5.26. The van der Waals surface area contributed by atoms with Crippen molar-refractivity contribution in [2.75, 3.05) is 0 Å². The first kappa shape index (κ1) is 9.82. The number of rotatable bonds is 6. The molecule has 0 fully saturated rings. The summed E-state index contributed by atoms with van der Waals surface area (Å²) in [4.78, 5) is 21.3.